The van der Waals surface area contributed by atoms with E-state index in [0.29, 0.717) is 5.69 Å². The largest absolute Gasteiger partial charge is 0.456 e. The maximum absolute atomic E-state index is 7.79. The van der Waals surface area contributed by atoms with E-state index < -0.39 is 0 Å². The molecule has 0 spiro atoms. The number of aromatic nitrogens is 1. The monoisotopic (exact) mass is 550 g/mol. The Bertz CT molecular complexity index is 2450. The molecule has 0 aliphatic heterocycles. The highest BCUT2D eigenvalue weighted by Crippen LogP contribution is 2.52. The van der Waals surface area contributed by atoms with E-state index in [4.69, 9.17) is 11.0 Å². The maximum Gasteiger partial charge on any atom is 0.188 e. The van der Waals surface area contributed by atoms with Crippen LogP contribution in [0, 0.1) is 6.57 Å². The normalized spacial score (nSPS) is 13.5. The summed E-state index contributed by atoms with van der Waals surface area (Å²) >= 11 is 0. The van der Waals surface area contributed by atoms with Crippen molar-refractivity contribution in [2.45, 2.75) is 19.3 Å². The lowest BCUT2D eigenvalue weighted by Crippen LogP contribution is -2.15. The molecule has 0 atom stereocenters. The van der Waals surface area contributed by atoms with Crippen LogP contribution in [-0.4, -0.2) is 4.57 Å². The zero-order valence-electron chi connectivity index (χ0n) is 23.8. The van der Waals surface area contributed by atoms with Crippen LogP contribution < -0.4 is 0 Å². The number of para-hydroxylation sites is 2. The Morgan fingerprint density at radius 2 is 1.35 bits per heavy atom. The van der Waals surface area contributed by atoms with Crippen LogP contribution in [0.4, 0.5) is 5.69 Å². The third-order valence-electron chi connectivity index (χ3n) is 9.40. The maximum atomic E-state index is 7.79. The molecule has 8 aromatic rings. The van der Waals surface area contributed by atoms with Crippen LogP contribution in [0.3, 0.4) is 0 Å². The van der Waals surface area contributed by atoms with Gasteiger partial charge in [-0.1, -0.05) is 92.7 Å². The van der Waals surface area contributed by atoms with Gasteiger partial charge in [0.1, 0.15) is 11.2 Å². The van der Waals surface area contributed by atoms with Gasteiger partial charge in [0.25, 0.3) is 0 Å². The molecule has 0 amide bonds. The predicted molar refractivity (Wildman–Crippen MR) is 177 cm³/mol. The van der Waals surface area contributed by atoms with Gasteiger partial charge in [0, 0.05) is 32.5 Å². The van der Waals surface area contributed by atoms with Crippen molar-refractivity contribution < 1.29 is 4.42 Å². The van der Waals surface area contributed by atoms with Gasteiger partial charge in [0.05, 0.1) is 23.3 Å². The minimum Gasteiger partial charge on any atom is -0.456 e. The number of hydrogen-bond donors (Lipinski definition) is 0. The summed E-state index contributed by atoms with van der Waals surface area (Å²) in [6.45, 7) is 12.4. The van der Waals surface area contributed by atoms with Crippen LogP contribution in [0.5, 0.6) is 0 Å². The zero-order chi connectivity index (χ0) is 28.9. The second kappa shape index (κ2) is 8.47. The molecular weight excluding hydrogens is 524 g/mol. The fourth-order valence-electron chi connectivity index (χ4n) is 7.45. The standard InChI is InChI=1S/C40H26N2O/c1-40(2)33-13-7-4-10-26(33)29-18-19-30-32-22-24(16-21-37(32)43-39(30)38(29)40)31-23-25(41-3)17-20-36(31)42-34-14-8-5-11-27(34)28-12-6-9-15-35(28)42/h4-23H,1-2H3. The Morgan fingerprint density at radius 3 is 2.12 bits per heavy atom. The average Bonchev–Trinajstić information content (AvgIpc) is 3.66. The SMILES string of the molecule is [C-]#[N+]c1ccc(-n2c3ccccc3c3ccccc32)c(-c2ccc3oc4c5c(ccc4c3c2)-c2ccccc2C5(C)C)c1. The number of nitrogens with zero attached hydrogens (tertiary/aromatic N) is 2. The summed E-state index contributed by atoms with van der Waals surface area (Å²) in [4.78, 5) is 3.80. The molecule has 43 heavy (non-hydrogen) atoms. The Hall–Kier alpha value is -5.59. The number of rotatable bonds is 2. The van der Waals surface area contributed by atoms with Crippen molar-refractivity contribution >= 4 is 49.4 Å². The van der Waals surface area contributed by atoms with Crippen molar-refractivity contribution in [3.05, 3.63) is 144 Å². The smallest absolute Gasteiger partial charge is 0.188 e. The number of furan rings is 1. The van der Waals surface area contributed by atoms with Gasteiger partial charge < -0.3 is 8.98 Å². The van der Waals surface area contributed by atoms with Gasteiger partial charge in [0.2, 0.25) is 0 Å². The molecule has 0 bridgehead atoms. The van der Waals surface area contributed by atoms with Gasteiger partial charge in [-0.05, 0) is 70.3 Å². The van der Waals surface area contributed by atoms with Gasteiger partial charge in [-0.15, -0.1) is 0 Å². The van der Waals surface area contributed by atoms with E-state index in [0.717, 1.165) is 49.8 Å². The van der Waals surface area contributed by atoms with Crippen LogP contribution in [0.15, 0.2) is 126 Å². The summed E-state index contributed by atoms with van der Waals surface area (Å²) in [5.74, 6) is 0. The number of hydrogen-bond acceptors (Lipinski definition) is 1. The second-order valence-electron chi connectivity index (χ2n) is 12.0. The molecule has 1 aliphatic rings. The lowest BCUT2D eigenvalue weighted by Gasteiger charge is -2.21. The molecule has 0 saturated heterocycles. The Balaban J connectivity index is 1.31. The van der Waals surface area contributed by atoms with Crippen LogP contribution in [0.2, 0.25) is 0 Å². The predicted octanol–water partition coefficient (Wildman–Crippen LogP) is 11.2. The fourth-order valence-corrected chi connectivity index (χ4v) is 7.45. The van der Waals surface area contributed by atoms with E-state index in [1.54, 1.807) is 0 Å². The minimum atomic E-state index is -0.157. The molecule has 0 radical (unpaired) electrons. The Kier molecular flexibility index (Phi) is 4.74. The molecule has 3 heteroatoms. The first-order chi connectivity index (χ1) is 21.0. The molecule has 2 aromatic heterocycles. The van der Waals surface area contributed by atoms with Crippen molar-refractivity contribution in [1.82, 2.24) is 4.57 Å². The molecule has 0 N–H and O–H groups in total. The van der Waals surface area contributed by atoms with Crippen LogP contribution in [-0.2, 0) is 5.41 Å². The van der Waals surface area contributed by atoms with E-state index in [1.807, 2.05) is 12.1 Å². The number of fused-ring (bicyclic) bond motifs is 10. The van der Waals surface area contributed by atoms with Crippen LogP contribution >= 0.6 is 0 Å². The van der Waals surface area contributed by atoms with E-state index in [9.17, 15) is 0 Å². The van der Waals surface area contributed by atoms with Gasteiger partial charge in [-0.3, -0.25) is 0 Å². The van der Waals surface area contributed by atoms with E-state index >= 15 is 0 Å². The first-order valence-corrected chi connectivity index (χ1v) is 14.6. The molecule has 2 heterocycles. The highest BCUT2D eigenvalue weighted by Gasteiger charge is 2.38. The summed E-state index contributed by atoms with van der Waals surface area (Å²) in [6.07, 6.45) is 0. The van der Waals surface area contributed by atoms with Gasteiger partial charge in [0.15, 0.2) is 5.69 Å². The van der Waals surface area contributed by atoms with Crippen molar-refractivity contribution in [3.63, 3.8) is 0 Å². The molecule has 1 aliphatic carbocycles. The Morgan fingerprint density at radius 1 is 0.628 bits per heavy atom. The summed E-state index contributed by atoms with van der Waals surface area (Å²) < 4.78 is 8.99. The summed E-state index contributed by atoms with van der Waals surface area (Å²) in [5.41, 5.74) is 12.9. The van der Waals surface area contributed by atoms with Gasteiger partial charge in [-0.25, -0.2) is 4.85 Å². The zero-order valence-corrected chi connectivity index (χ0v) is 23.8. The van der Waals surface area contributed by atoms with E-state index in [1.165, 1.54) is 33.0 Å². The quantitative estimate of drug-likeness (QED) is 0.196. The van der Waals surface area contributed by atoms with E-state index in [-0.39, 0.29) is 5.41 Å². The second-order valence-corrected chi connectivity index (χ2v) is 12.0. The lowest BCUT2D eigenvalue weighted by atomic mass is 9.82. The van der Waals surface area contributed by atoms with Crippen LogP contribution in [0.25, 0.3) is 76.5 Å². The van der Waals surface area contributed by atoms with Crippen molar-refractivity contribution in [2.75, 3.05) is 0 Å². The minimum absolute atomic E-state index is 0.157. The third kappa shape index (κ3) is 3.18. The first kappa shape index (κ1) is 24.1. The van der Waals surface area contributed by atoms with E-state index in [2.05, 4.69) is 132 Å². The molecule has 202 valence electrons. The molecule has 3 nitrogen and oxygen atoms in total. The fraction of sp³-hybridized carbons (Fsp3) is 0.0750. The summed E-state index contributed by atoms with van der Waals surface area (Å²) in [6, 6.07) is 42.7. The topological polar surface area (TPSA) is 22.4 Å². The molecule has 0 saturated carbocycles. The average molecular weight is 551 g/mol. The van der Waals surface area contributed by atoms with Crippen molar-refractivity contribution in [1.29, 1.82) is 0 Å². The molecule has 0 unspecified atom stereocenters. The van der Waals surface area contributed by atoms with Gasteiger partial charge in [-0.2, -0.15) is 0 Å². The van der Waals surface area contributed by atoms with Crippen molar-refractivity contribution in [2.24, 2.45) is 0 Å². The highest BCUT2D eigenvalue weighted by molar-refractivity contribution is 6.12. The van der Waals surface area contributed by atoms with Crippen LogP contribution in [0.1, 0.15) is 25.0 Å². The molecule has 0 fully saturated rings. The molecule has 6 aromatic carbocycles. The third-order valence-corrected chi connectivity index (χ3v) is 9.40. The van der Waals surface area contributed by atoms with Crippen molar-refractivity contribution in [3.8, 4) is 27.9 Å². The highest BCUT2D eigenvalue weighted by atomic mass is 16.3. The van der Waals surface area contributed by atoms with Gasteiger partial charge >= 0.3 is 0 Å². The lowest BCUT2D eigenvalue weighted by molar-refractivity contribution is 0.620. The summed E-state index contributed by atoms with van der Waals surface area (Å²) in [5, 5.41) is 4.64. The Labute approximate surface area is 249 Å². The molecule has 9 rings (SSSR count). The summed E-state index contributed by atoms with van der Waals surface area (Å²) in [7, 11) is 0. The first-order valence-electron chi connectivity index (χ1n) is 14.6. The number of benzene rings is 6. The molecular formula is C40H26N2O.